The average Bonchev–Trinajstić information content (AvgIpc) is 2.85. The zero-order chi connectivity index (χ0) is 14.4. The van der Waals surface area contributed by atoms with Crippen LogP contribution in [0.3, 0.4) is 0 Å². The van der Waals surface area contributed by atoms with Crippen molar-refractivity contribution < 1.29 is 9.90 Å². The number of hydrogen-bond acceptors (Lipinski definition) is 2. The van der Waals surface area contributed by atoms with Crippen molar-refractivity contribution in [2.45, 2.75) is 38.6 Å². The lowest BCUT2D eigenvalue weighted by Crippen LogP contribution is -2.39. The number of carboxylic acids is 1. The fraction of sp³-hybridized carbons (Fsp3) is 0.438. The van der Waals surface area contributed by atoms with Crippen LogP contribution in [-0.4, -0.2) is 28.6 Å². The summed E-state index contributed by atoms with van der Waals surface area (Å²) in [5.74, 6) is -0.785. The summed E-state index contributed by atoms with van der Waals surface area (Å²) < 4.78 is 0. The Bertz CT molecular complexity index is 562. The van der Waals surface area contributed by atoms with Gasteiger partial charge in [0.25, 0.3) is 0 Å². The highest BCUT2D eigenvalue weighted by Gasteiger charge is 2.18. The summed E-state index contributed by atoms with van der Waals surface area (Å²) in [6.07, 6.45) is 5.71. The molecule has 2 rings (SSSR count). The Hall–Kier alpha value is -1.81. The summed E-state index contributed by atoms with van der Waals surface area (Å²) in [7, 11) is 0. The molecule has 108 valence electrons. The fourth-order valence-corrected chi connectivity index (χ4v) is 2.42. The minimum atomic E-state index is -0.785. The highest BCUT2D eigenvalue weighted by molar-refractivity contribution is 5.84. The van der Waals surface area contributed by atoms with Crippen LogP contribution < -0.4 is 5.32 Å². The molecular formula is C16H22N2O2. The molecule has 0 aliphatic rings. The summed E-state index contributed by atoms with van der Waals surface area (Å²) in [6.45, 7) is 2.90. The van der Waals surface area contributed by atoms with E-state index in [1.165, 1.54) is 0 Å². The second-order valence-corrected chi connectivity index (χ2v) is 5.12. The topological polar surface area (TPSA) is 65.1 Å². The first-order chi connectivity index (χ1) is 9.72. The summed E-state index contributed by atoms with van der Waals surface area (Å²) in [5.41, 5.74) is 2.11. The molecule has 0 aliphatic heterocycles. The van der Waals surface area contributed by atoms with Crippen LogP contribution in [0.2, 0.25) is 0 Å². The Balaban J connectivity index is 2.02. The van der Waals surface area contributed by atoms with Crippen LogP contribution in [0.4, 0.5) is 0 Å². The highest BCUT2D eigenvalue weighted by Crippen LogP contribution is 2.19. The van der Waals surface area contributed by atoms with Gasteiger partial charge in [-0.1, -0.05) is 38.0 Å². The van der Waals surface area contributed by atoms with Gasteiger partial charge in [-0.2, -0.15) is 0 Å². The van der Waals surface area contributed by atoms with E-state index in [4.69, 9.17) is 0 Å². The number of aromatic nitrogens is 1. The lowest BCUT2D eigenvalue weighted by molar-refractivity contribution is -0.139. The smallest absolute Gasteiger partial charge is 0.321 e. The van der Waals surface area contributed by atoms with E-state index in [9.17, 15) is 9.90 Å². The highest BCUT2D eigenvalue weighted by atomic mass is 16.4. The number of hydrogen-bond donors (Lipinski definition) is 3. The number of aliphatic carboxylic acids is 1. The molecule has 0 saturated carbocycles. The SMILES string of the molecule is CCCCCN[C@@H](Cc1c[nH]c2ccccc12)C(=O)O. The van der Waals surface area contributed by atoms with Crippen LogP contribution >= 0.6 is 0 Å². The Morgan fingerprint density at radius 2 is 2.15 bits per heavy atom. The molecule has 0 fully saturated rings. The number of unbranched alkanes of at least 4 members (excludes halogenated alkanes) is 2. The van der Waals surface area contributed by atoms with E-state index >= 15 is 0 Å². The van der Waals surface area contributed by atoms with Crippen molar-refractivity contribution in [1.82, 2.24) is 10.3 Å². The maximum atomic E-state index is 11.4. The van der Waals surface area contributed by atoms with Crippen LogP contribution in [0.1, 0.15) is 31.7 Å². The predicted octanol–water partition coefficient (Wildman–Crippen LogP) is 2.94. The maximum absolute atomic E-state index is 11.4. The molecule has 4 heteroatoms. The standard InChI is InChI=1S/C16H22N2O2/c1-2-3-6-9-17-15(16(19)20)10-12-11-18-14-8-5-4-7-13(12)14/h4-5,7-8,11,15,17-18H,2-3,6,9-10H2,1H3,(H,19,20)/t15-/m0/s1. The number of carbonyl (C=O) groups is 1. The quantitative estimate of drug-likeness (QED) is 0.648. The molecule has 3 N–H and O–H groups in total. The van der Waals surface area contributed by atoms with Crippen LogP contribution in [0.15, 0.2) is 30.5 Å². The molecule has 0 spiro atoms. The number of benzene rings is 1. The molecule has 0 amide bonds. The molecule has 0 saturated heterocycles. The van der Waals surface area contributed by atoms with E-state index < -0.39 is 12.0 Å². The second kappa shape index (κ2) is 7.10. The average molecular weight is 274 g/mol. The Morgan fingerprint density at radius 1 is 1.35 bits per heavy atom. The fourth-order valence-electron chi connectivity index (χ4n) is 2.42. The summed E-state index contributed by atoms with van der Waals surface area (Å²) in [4.78, 5) is 14.5. The third-order valence-electron chi connectivity index (χ3n) is 3.57. The number of aromatic amines is 1. The van der Waals surface area contributed by atoms with Gasteiger partial charge in [-0.25, -0.2) is 0 Å². The second-order valence-electron chi connectivity index (χ2n) is 5.12. The normalized spacial score (nSPS) is 12.7. The zero-order valence-electron chi connectivity index (χ0n) is 11.9. The van der Waals surface area contributed by atoms with Gasteiger partial charge in [-0.05, 0) is 24.6 Å². The number of nitrogens with one attached hydrogen (secondary N) is 2. The van der Waals surface area contributed by atoms with Crippen molar-refractivity contribution in [2.24, 2.45) is 0 Å². The largest absolute Gasteiger partial charge is 0.480 e. The van der Waals surface area contributed by atoms with Gasteiger partial charge in [0.05, 0.1) is 0 Å². The first kappa shape index (κ1) is 14.6. The van der Waals surface area contributed by atoms with Gasteiger partial charge in [0.2, 0.25) is 0 Å². The van der Waals surface area contributed by atoms with Gasteiger partial charge < -0.3 is 15.4 Å². The van der Waals surface area contributed by atoms with Gasteiger partial charge in [0.1, 0.15) is 6.04 Å². The molecular weight excluding hydrogens is 252 g/mol. The van der Waals surface area contributed by atoms with E-state index in [-0.39, 0.29) is 0 Å². The number of para-hydroxylation sites is 1. The number of H-pyrrole nitrogens is 1. The monoisotopic (exact) mass is 274 g/mol. The predicted molar refractivity (Wildman–Crippen MR) is 81.0 cm³/mol. The summed E-state index contributed by atoms with van der Waals surface area (Å²) in [5, 5.41) is 13.6. The van der Waals surface area contributed by atoms with Crippen LogP contribution in [0, 0.1) is 0 Å². The van der Waals surface area contributed by atoms with E-state index in [0.717, 1.165) is 42.3 Å². The van der Waals surface area contributed by atoms with Gasteiger partial charge >= 0.3 is 5.97 Å². The van der Waals surface area contributed by atoms with Crippen LogP contribution in [0.5, 0.6) is 0 Å². The third kappa shape index (κ3) is 3.61. The van der Waals surface area contributed by atoms with Gasteiger partial charge in [-0.15, -0.1) is 0 Å². The summed E-state index contributed by atoms with van der Waals surface area (Å²) in [6, 6.07) is 7.45. The first-order valence-electron chi connectivity index (χ1n) is 7.23. The van der Waals surface area contributed by atoms with Crippen molar-refractivity contribution in [2.75, 3.05) is 6.54 Å². The molecule has 1 aromatic heterocycles. The molecule has 20 heavy (non-hydrogen) atoms. The lowest BCUT2D eigenvalue weighted by Gasteiger charge is -2.14. The molecule has 2 aromatic rings. The van der Waals surface area contributed by atoms with E-state index in [0.29, 0.717) is 6.42 Å². The van der Waals surface area contributed by atoms with Crippen molar-refractivity contribution in [3.63, 3.8) is 0 Å². The van der Waals surface area contributed by atoms with Crippen molar-refractivity contribution in [3.8, 4) is 0 Å². The van der Waals surface area contributed by atoms with E-state index in [1.54, 1.807) is 0 Å². The van der Waals surface area contributed by atoms with Crippen molar-refractivity contribution >= 4 is 16.9 Å². The molecule has 0 aliphatic carbocycles. The van der Waals surface area contributed by atoms with Crippen molar-refractivity contribution in [3.05, 3.63) is 36.0 Å². The summed E-state index contributed by atoms with van der Waals surface area (Å²) >= 11 is 0. The van der Waals surface area contributed by atoms with Gasteiger partial charge in [0, 0.05) is 23.5 Å². The maximum Gasteiger partial charge on any atom is 0.321 e. The zero-order valence-corrected chi connectivity index (χ0v) is 11.9. The van der Waals surface area contributed by atoms with Gasteiger partial charge in [0.15, 0.2) is 0 Å². The minimum Gasteiger partial charge on any atom is -0.480 e. The number of fused-ring (bicyclic) bond motifs is 1. The number of carboxylic acid groups (broad SMARTS) is 1. The van der Waals surface area contributed by atoms with Crippen molar-refractivity contribution in [1.29, 1.82) is 0 Å². The molecule has 1 heterocycles. The van der Waals surface area contributed by atoms with Crippen LogP contribution in [-0.2, 0) is 11.2 Å². The first-order valence-corrected chi connectivity index (χ1v) is 7.23. The van der Waals surface area contributed by atoms with E-state index in [1.807, 2.05) is 30.5 Å². The Kier molecular flexibility index (Phi) is 5.18. The lowest BCUT2D eigenvalue weighted by atomic mass is 10.0. The molecule has 0 unspecified atom stereocenters. The molecule has 1 aromatic carbocycles. The van der Waals surface area contributed by atoms with Gasteiger partial charge in [-0.3, -0.25) is 4.79 Å². The molecule has 0 radical (unpaired) electrons. The minimum absolute atomic E-state index is 0.505. The molecule has 0 bridgehead atoms. The Labute approximate surface area is 119 Å². The third-order valence-corrected chi connectivity index (χ3v) is 3.57. The number of rotatable bonds is 8. The molecule has 1 atom stereocenters. The van der Waals surface area contributed by atoms with Crippen LogP contribution in [0.25, 0.3) is 10.9 Å². The Morgan fingerprint density at radius 3 is 2.90 bits per heavy atom. The van der Waals surface area contributed by atoms with E-state index in [2.05, 4.69) is 17.2 Å². The molecule has 4 nitrogen and oxygen atoms in total.